The fraction of sp³-hybridized carbons (Fsp3) is 0.364. The Bertz CT molecular complexity index is 516. The van der Waals surface area contributed by atoms with Crippen LogP contribution in [-0.2, 0) is 6.54 Å². The first kappa shape index (κ1) is 10.2. The lowest BCUT2D eigenvalue weighted by Crippen LogP contribution is -2.15. The lowest BCUT2D eigenvalue weighted by Gasteiger charge is -2.02. The summed E-state index contributed by atoms with van der Waals surface area (Å²) >= 11 is 1.67. The predicted octanol–water partition coefficient (Wildman–Crippen LogP) is 1.74. The minimum atomic E-state index is 0.593. The SMILES string of the molecule is C#CCNCc1c(C)nc2scc(C)n12. The molecule has 2 aromatic heterocycles. The van der Waals surface area contributed by atoms with Crippen molar-refractivity contribution in [1.82, 2.24) is 14.7 Å². The zero-order valence-electron chi connectivity index (χ0n) is 8.87. The van der Waals surface area contributed by atoms with Crippen LogP contribution in [0.4, 0.5) is 0 Å². The number of nitrogens with one attached hydrogen (secondary N) is 1. The van der Waals surface area contributed by atoms with Crippen molar-refractivity contribution in [3.8, 4) is 12.3 Å². The fourth-order valence-electron chi connectivity index (χ4n) is 1.63. The molecule has 0 amide bonds. The van der Waals surface area contributed by atoms with Crippen LogP contribution in [0.1, 0.15) is 17.1 Å². The van der Waals surface area contributed by atoms with E-state index in [0.29, 0.717) is 6.54 Å². The van der Waals surface area contributed by atoms with E-state index in [1.54, 1.807) is 11.3 Å². The van der Waals surface area contributed by atoms with Crippen molar-refractivity contribution in [3.05, 3.63) is 22.5 Å². The van der Waals surface area contributed by atoms with Gasteiger partial charge >= 0.3 is 0 Å². The van der Waals surface area contributed by atoms with Crippen LogP contribution in [0, 0.1) is 26.2 Å². The van der Waals surface area contributed by atoms with Gasteiger partial charge in [0.1, 0.15) is 0 Å². The summed E-state index contributed by atoms with van der Waals surface area (Å²) in [6.45, 7) is 5.49. The third kappa shape index (κ3) is 1.76. The first-order chi connectivity index (χ1) is 7.24. The summed E-state index contributed by atoms with van der Waals surface area (Å²) < 4.78 is 2.18. The number of hydrogen-bond acceptors (Lipinski definition) is 3. The summed E-state index contributed by atoms with van der Waals surface area (Å²) in [6.07, 6.45) is 5.20. The molecule has 0 unspecified atom stereocenters. The maximum atomic E-state index is 5.20. The number of fused-ring (bicyclic) bond motifs is 1. The number of hydrogen-bond donors (Lipinski definition) is 1. The van der Waals surface area contributed by atoms with E-state index < -0.39 is 0 Å². The molecule has 4 heteroatoms. The van der Waals surface area contributed by atoms with Gasteiger partial charge < -0.3 is 5.32 Å². The molecule has 0 bridgehead atoms. The topological polar surface area (TPSA) is 29.3 Å². The van der Waals surface area contributed by atoms with Crippen molar-refractivity contribution >= 4 is 16.3 Å². The number of nitrogens with zero attached hydrogens (tertiary/aromatic N) is 2. The van der Waals surface area contributed by atoms with Crippen LogP contribution in [0.15, 0.2) is 5.38 Å². The minimum Gasteiger partial charge on any atom is -0.301 e. The van der Waals surface area contributed by atoms with Crippen LogP contribution in [0.3, 0.4) is 0 Å². The number of thiazole rings is 1. The molecule has 0 atom stereocenters. The average molecular weight is 219 g/mol. The third-order valence-electron chi connectivity index (χ3n) is 2.35. The summed E-state index contributed by atoms with van der Waals surface area (Å²) in [6, 6.07) is 0. The molecule has 2 rings (SSSR count). The average Bonchev–Trinajstić information content (AvgIpc) is 2.70. The molecule has 0 radical (unpaired) electrons. The summed E-state index contributed by atoms with van der Waals surface area (Å²) in [5.41, 5.74) is 3.52. The molecular formula is C11H13N3S. The van der Waals surface area contributed by atoms with E-state index in [0.717, 1.165) is 17.2 Å². The fourth-order valence-corrected chi connectivity index (χ4v) is 2.56. The Morgan fingerprint density at radius 1 is 1.60 bits per heavy atom. The Morgan fingerprint density at radius 3 is 3.13 bits per heavy atom. The smallest absolute Gasteiger partial charge is 0.194 e. The molecule has 0 saturated heterocycles. The molecule has 15 heavy (non-hydrogen) atoms. The molecule has 0 aliphatic rings. The van der Waals surface area contributed by atoms with Gasteiger partial charge in [0, 0.05) is 17.6 Å². The maximum absolute atomic E-state index is 5.20. The number of aryl methyl sites for hydroxylation is 2. The molecule has 0 aliphatic heterocycles. The molecular weight excluding hydrogens is 206 g/mol. The highest BCUT2D eigenvalue weighted by Crippen LogP contribution is 2.20. The van der Waals surface area contributed by atoms with E-state index in [1.165, 1.54) is 11.4 Å². The van der Waals surface area contributed by atoms with Gasteiger partial charge in [-0.2, -0.15) is 0 Å². The Labute approximate surface area is 93.1 Å². The van der Waals surface area contributed by atoms with Crippen LogP contribution in [0.25, 0.3) is 4.96 Å². The van der Waals surface area contributed by atoms with E-state index in [9.17, 15) is 0 Å². The highest BCUT2D eigenvalue weighted by atomic mass is 32.1. The second-order valence-corrected chi connectivity index (χ2v) is 4.28. The quantitative estimate of drug-likeness (QED) is 0.629. The summed E-state index contributed by atoms with van der Waals surface area (Å²) in [7, 11) is 0. The van der Waals surface area contributed by atoms with Crippen LogP contribution in [0.2, 0.25) is 0 Å². The largest absolute Gasteiger partial charge is 0.301 e. The Hall–Kier alpha value is -1.31. The lowest BCUT2D eigenvalue weighted by atomic mass is 10.3. The van der Waals surface area contributed by atoms with E-state index in [1.807, 2.05) is 6.92 Å². The predicted molar refractivity (Wildman–Crippen MR) is 63.1 cm³/mol. The van der Waals surface area contributed by atoms with E-state index in [-0.39, 0.29) is 0 Å². The van der Waals surface area contributed by atoms with Crippen molar-refractivity contribution in [2.45, 2.75) is 20.4 Å². The van der Waals surface area contributed by atoms with Crippen molar-refractivity contribution in [2.24, 2.45) is 0 Å². The van der Waals surface area contributed by atoms with Crippen molar-refractivity contribution in [3.63, 3.8) is 0 Å². The van der Waals surface area contributed by atoms with Crippen LogP contribution >= 0.6 is 11.3 Å². The van der Waals surface area contributed by atoms with Gasteiger partial charge in [-0.1, -0.05) is 5.92 Å². The van der Waals surface area contributed by atoms with E-state index in [2.05, 4.69) is 32.9 Å². The zero-order valence-corrected chi connectivity index (χ0v) is 9.69. The number of aromatic nitrogens is 2. The molecule has 2 heterocycles. The van der Waals surface area contributed by atoms with Gasteiger partial charge in [-0.15, -0.1) is 17.8 Å². The number of rotatable bonds is 3. The Morgan fingerprint density at radius 2 is 2.40 bits per heavy atom. The molecule has 3 nitrogen and oxygen atoms in total. The van der Waals surface area contributed by atoms with Crippen LogP contribution in [-0.4, -0.2) is 15.9 Å². The number of imidazole rings is 1. The molecule has 0 aromatic carbocycles. The molecule has 0 spiro atoms. The summed E-state index contributed by atoms with van der Waals surface area (Å²) in [4.78, 5) is 5.56. The first-order valence-corrected chi connectivity index (χ1v) is 5.68. The summed E-state index contributed by atoms with van der Waals surface area (Å²) in [5, 5.41) is 5.31. The second-order valence-electron chi connectivity index (χ2n) is 3.45. The van der Waals surface area contributed by atoms with Crippen LogP contribution < -0.4 is 5.32 Å². The zero-order chi connectivity index (χ0) is 10.8. The highest BCUT2D eigenvalue weighted by Gasteiger charge is 2.10. The van der Waals surface area contributed by atoms with E-state index in [4.69, 9.17) is 6.42 Å². The molecule has 78 valence electrons. The standard InChI is InChI=1S/C11H13N3S/c1-4-5-12-6-10-9(3)13-11-14(10)8(2)7-15-11/h1,7,12H,5-6H2,2-3H3. The Kier molecular flexibility index (Phi) is 2.76. The normalized spacial score (nSPS) is 10.7. The van der Waals surface area contributed by atoms with Crippen molar-refractivity contribution in [2.75, 3.05) is 6.54 Å². The molecule has 0 aliphatic carbocycles. The first-order valence-electron chi connectivity index (χ1n) is 4.80. The van der Waals surface area contributed by atoms with Gasteiger partial charge in [-0.25, -0.2) is 4.98 Å². The van der Waals surface area contributed by atoms with Gasteiger partial charge in [0.2, 0.25) is 0 Å². The maximum Gasteiger partial charge on any atom is 0.194 e. The second kappa shape index (κ2) is 4.05. The van der Waals surface area contributed by atoms with Gasteiger partial charge in [0.15, 0.2) is 4.96 Å². The Balaban J connectivity index is 2.35. The van der Waals surface area contributed by atoms with Gasteiger partial charge in [-0.3, -0.25) is 4.40 Å². The summed E-state index contributed by atoms with van der Waals surface area (Å²) in [5.74, 6) is 2.57. The van der Waals surface area contributed by atoms with Crippen molar-refractivity contribution in [1.29, 1.82) is 0 Å². The lowest BCUT2D eigenvalue weighted by molar-refractivity contribution is 0.735. The van der Waals surface area contributed by atoms with Gasteiger partial charge in [0.05, 0.1) is 17.9 Å². The highest BCUT2D eigenvalue weighted by molar-refractivity contribution is 7.15. The molecule has 1 N–H and O–H groups in total. The number of terminal acetylenes is 1. The molecule has 0 fully saturated rings. The van der Waals surface area contributed by atoms with Crippen LogP contribution in [0.5, 0.6) is 0 Å². The third-order valence-corrected chi connectivity index (χ3v) is 3.29. The monoisotopic (exact) mass is 219 g/mol. The van der Waals surface area contributed by atoms with E-state index >= 15 is 0 Å². The molecule has 2 aromatic rings. The van der Waals surface area contributed by atoms with Crippen molar-refractivity contribution < 1.29 is 0 Å². The molecule has 0 saturated carbocycles. The van der Waals surface area contributed by atoms with Gasteiger partial charge in [-0.05, 0) is 13.8 Å². The minimum absolute atomic E-state index is 0.593. The van der Waals surface area contributed by atoms with Gasteiger partial charge in [0.25, 0.3) is 0 Å².